The molecule has 8 heteroatoms. The van der Waals surface area contributed by atoms with Crippen LogP contribution in [-0.2, 0) is 27.1 Å². The lowest BCUT2D eigenvalue weighted by atomic mass is 10.1. The van der Waals surface area contributed by atoms with E-state index in [1.165, 1.54) is 11.6 Å². The van der Waals surface area contributed by atoms with E-state index in [0.717, 1.165) is 16.0 Å². The van der Waals surface area contributed by atoms with Gasteiger partial charge in [0.25, 0.3) is 5.56 Å². The van der Waals surface area contributed by atoms with Gasteiger partial charge in [0.15, 0.2) is 11.2 Å². The average molecular weight is 357 g/mol. The van der Waals surface area contributed by atoms with Crippen LogP contribution in [0.1, 0.15) is 11.4 Å². The largest absolute Gasteiger partial charge is 0.395 e. The van der Waals surface area contributed by atoms with Gasteiger partial charge in [-0.1, -0.05) is 30.3 Å². The van der Waals surface area contributed by atoms with E-state index in [1.807, 2.05) is 34.9 Å². The van der Waals surface area contributed by atoms with E-state index in [0.29, 0.717) is 37.2 Å². The van der Waals surface area contributed by atoms with Crippen molar-refractivity contribution in [3.63, 3.8) is 0 Å². The number of benzene rings is 1. The summed E-state index contributed by atoms with van der Waals surface area (Å²) in [4.78, 5) is 29.5. The molecule has 0 saturated heterocycles. The second-order valence-electron chi connectivity index (χ2n) is 6.19. The maximum atomic E-state index is 12.7. The normalized spacial score (nSPS) is 11.3. The van der Waals surface area contributed by atoms with Gasteiger partial charge in [-0.05, 0) is 5.56 Å². The Balaban J connectivity index is 2.12. The Kier molecular flexibility index (Phi) is 5.34. The molecule has 0 spiro atoms. The van der Waals surface area contributed by atoms with Gasteiger partial charge in [0.2, 0.25) is 0 Å². The second-order valence-corrected chi connectivity index (χ2v) is 6.19. The lowest BCUT2D eigenvalue weighted by Crippen LogP contribution is -2.37. The van der Waals surface area contributed by atoms with Crippen LogP contribution in [0.25, 0.3) is 11.2 Å². The van der Waals surface area contributed by atoms with Crippen LogP contribution in [0.2, 0.25) is 0 Å². The first-order valence-electron chi connectivity index (χ1n) is 8.55. The highest BCUT2D eigenvalue weighted by atomic mass is 16.3. The van der Waals surface area contributed by atoms with Crippen molar-refractivity contribution in [1.82, 2.24) is 24.0 Å². The van der Waals surface area contributed by atoms with Crippen LogP contribution in [0.3, 0.4) is 0 Å². The van der Waals surface area contributed by atoms with Gasteiger partial charge in [0, 0.05) is 40.2 Å². The fraction of sp³-hybridized carbons (Fsp3) is 0.389. The van der Waals surface area contributed by atoms with Crippen molar-refractivity contribution in [2.75, 3.05) is 19.7 Å². The van der Waals surface area contributed by atoms with Crippen LogP contribution < -0.4 is 16.6 Å². The van der Waals surface area contributed by atoms with Gasteiger partial charge in [0.1, 0.15) is 5.82 Å². The van der Waals surface area contributed by atoms with E-state index in [2.05, 4.69) is 10.3 Å². The van der Waals surface area contributed by atoms with Gasteiger partial charge >= 0.3 is 5.69 Å². The summed E-state index contributed by atoms with van der Waals surface area (Å²) in [5, 5.41) is 12.0. The minimum Gasteiger partial charge on any atom is -0.395 e. The molecule has 0 aliphatic carbocycles. The van der Waals surface area contributed by atoms with Crippen LogP contribution >= 0.6 is 0 Å². The number of fused-ring (bicyclic) bond motifs is 1. The Labute approximate surface area is 150 Å². The fourth-order valence-corrected chi connectivity index (χ4v) is 3.04. The SMILES string of the molecule is Cn1c(=O)c2c(nc(Cc3ccccc3)n2CCNCCO)n(C)c1=O. The summed E-state index contributed by atoms with van der Waals surface area (Å²) >= 11 is 0. The van der Waals surface area contributed by atoms with E-state index in [4.69, 9.17) is 5.11 Å². The molecule has 0 saturated carbocycles. The number of imidazole rings is 1. The Bertz CT molecular complexity index is 1020. The molecule has 3 rings (SSSR count). The highest BCUT2D eigenvalue weighted by Gasteiger charge is 2.18. The minimum atomic E-state index is -0.392. The molecule has 0 aliphatic rings. The lowest BCUT2D eigenvalue weighted by molar-refractivity contribution is 0.291. The number of hydrogen-bond donors (Lipinski definition) is 2. The third-order valence-electron chi connectivity index (χ3n) is 4.43. The Morgan fingerprint density at radius 1 is 1.08 bits per heavy atom. The van der Waals surface area contributed by atoms with Crippen molar-refractivity contribution in [2.24, 2.45) is 14.1 Å². The first-order valence-corrected chi connectivity index (χ1v) is 8.55. The number of nitrogens with one attached hydrogen (secondary N) is 1. The lowest BCUT2D eigenvalue weighted by Gasteiger charge is -2.10. The molecule has 3 aromatic rings. The third kappa shape index (κ3) is 3.33. The highest BCUT2D eigenvalue weighted by Crippen LogP contribution is 2.15. The summed E-state index contributed by atoms with van der Waals surface area (Å²) < 4.78 is 4.38. The van der Waals surface area contributed by atoms with Crippen LogP contribution in [-0.4, -0.2) is 43.5 Å². The summed E-state index contributed by atoms with van der Waals surface area (Å²) in [6, 6.07) is 9.88. The zero-order valence-corrected chi connectivity index (χ0v) is 15.0. The van der Waals surface area contributed by atoms with Gasteiger partial charge < -0.3 is 15.0 Å². The zero-order chi connectivity index (χ0) is 18.7. The summed E-state index contributed by atoms with van der Waals surface area (Å²) in [5.41, 5.74) is 1.15. The van der Waals surface area contributed by atoms with Gasteiger partial charge in [-0.3, -0.25) is 13.9 Å². The van der Waals surface area contributed by atoms with E-state index in [-0.39, 0.29) is 12.2 Å². The van der Waals surface area contributed by atoms with Crippen molar-refractivity contribution in [2.45, 2.75) is 13.0 Å². The van der Waals surface area contributed by atoms with E-state index in [1.54, 1.807) is 7.05 Å². The second kappa shape index (κ2) is 7.67. The molecule has 0 aliphatic heterocycles. The molecule has 2 heterocycles. The molecule has 26 heavy (non-hydrogen) atoms. The molecule has 0 radical (unpaired) electrons. The predicted octanol–water partition coefficient (Wildman–Crippen LogP) is -0.394. The van der Waals surface area contributed by atoms with Crippen LogP contribution in [0.15, 0.2) is 39.9 Å². The topological polar surface area (TPSA) is 94.1 Å². The fourth-order valence-electron chi connectivity index (χ4n) is 3.04. The molecule has 0 bridgehead atoms. The van der Waals surface area contributed by atoms with E-state index < -0.39 is 5.69 Å². The molecule has 1 aromatic carbocycles. The number of aryl methyl sites for hydroxylation is 1. The number of aromatic nitrogens is 4. The molecular formula is C18H23N5O3. The van der Waals surface area contributed by atoms with Gasteiger partial charge in [-0.25, -0.2) is 9.78 Å². The first kappa shape index (κ1) is 18.1. The predicted molar refractivity (Wildman–Crippen MR) is 99.4 cm³/mol. The third-order valence-corrected chi connectivity index (χ3v) is 4.43. The molecule has 0 fully saturated rings. The molecule has 0 atom stereocenters. The van der Waals surface area contributed by atoms with Gasteiger partial charge in [-0.15, -0.1) is 0 Å². The molecule has 138 valence electrons. The number of hydrogen-bond acceptors (Lipinski definition) is 5. The Morgan fingerprint density at radius 3 is 2.50 bits per heavy atom. The summed E-state index contributed by atoms with van der Waals surface area (Å²) in [7, 11) is 3.10. The number of aliphatic hydroxyl groups excluding tert-OH is 1. The quantitative estimate of drug-likeness (QED) is 0.562. The van der Waals surface area contributed by atoms with Crippen molar-refractivity contribution < 1.29 is 5.11 Å². The summed E-state index contributed by atoms with van der Waals surface area (Å²) in [5.74, 6) is 0.732. The molecule has 2 aromatic heterocycles. The van der Waals surface area contributed by atoms with Gasteiger partial charge in [-0.2, -0.15) is 0 Å². The van der Waals surface area contributed by atoms with Crippen LogP contribution in [0.4, 0.5) is 0 Å². The van der Waals surface area contributed by atoms with Crippen LogP contribution in [0, 0.1) is 0 Å². The monoisotopic (exact) mass is 357 g/mol. The minimum absolute atomic E-state index is 0.0534. The molecule has 0 amide bonds. The molecular weight excluding hydrogens is 334 g/mol. The van der Waals surface area contributed by atoms with Crippen molar-refractivity contribution in [3.8, 4) is 0 Å². The van der Waals surface area contributed by atoms with Crippen LogP contribution in [0.5, 0.6) is 0 Å². The van der Waals surface area contributed by atoms with E-state index in [9.17, 15) is 9.59 Å². The standard InChI is InChI=1S/C18H23N5O3/c1-21-16-15(17(25)22(2)18(21)26)23(10-8-19-9-11-24)14(20-16)12-13-6-4-3-5-7-13/h3-7,19,24H,8-12H2,1-2H3. The maximum absolute atomic E-state index is 12.7. The van der Waals surface area contributed by atoms with Crippen molar-refractivity contribution >= 4 is 11.2 Å². The smallest absolute Gasteiger partial charge is 0.332 e. The number of rotatable bonds is 7. The Hall–Kier alpha value is -2.71. The van der Waals surface area contributed by atoms with Crippen molar-refractivity contribution in [1.29, 1.82) is 0 Å². The van der Waals surface area contributed by atoms with Crippen molar-refractivity contribution in [3.05, 3.63) is 62.6 Å². The molecule has 8 nitrogen and oxygen atoms in total. The zero-order valence-electron chi connectivity index (χ0n) is 15.0. The highest BCUT2D eigenvalue weighted by molar-refractivity contribution is 5.71. The van der Waals surface area contributed by atoms with Gasteiger partial charge in [0.05, 0.1) is 6.61 Å². The maximum Gasteiger partial charge on any atom is 0.332 e. The summed E-state index contributed by atoms with van der Waals surface area (Å²) in [6.07, 6.45) is 0.562. The summed E-state index contributed by atoms with van der Waals surface area (Å²) in [6.45, 7) is 1.64. The van der Waals surface area contributed by atoms with E-state index >= 15 is 0 Å². The molecule has 0 unspecified atom stereocenters. The number of nitrogens with zero attached hydrogens (tertiary/aromatic N) is 4. The molecule has 2 N–H and O–H groups in total. The average Bonchev–Trinajstić information content (AvgIpc) is 3.01. The first-order chi connectivity index (χ1) is 12.5. The number of aliphatic hydroxyl groups is 1. The Morgan fingerprint density at radius 2 is 1.81 bits per heavy atom.